The van der Waals surface area contributed by atoms with E-state index < -0.39 is 0 Å². The highest BCUT2D eigenvalue weighted by atomic mass is 16.2. The van der Waals surface area contributed by atoms with Crippen LogP contribution in [0.2, 0.25) is 0 Å². The Morgan fingerprint density at radius 3 is 1.85 bits per heavy atom. The zero-order valence-corrected chi connectivity index (χ0v) is 15.2. The molecule has 0 aliphatic carbocycles. The Hall–Kier alpha value is -2.69. The summed E-state index contributed by atoms with van der Waals surface area (Å²) in [4.78, 5) is 32.9. The second-order valence-corrected chi connectivity index (χ2v) is 6.81. The highest BCUT2D eigenvalue weighted by Gasteiger charge is 2.22. The molecule has 0 N–H and O–H groups in total. The number of benzene rings is 1. The SMILES string of the molecule is Cc1ccc(CC(=O)N2CCCN(C(=O)Cc3ccncc3)CC2)cc1. The topological polar surface area (TPSA) is 53.5 Å². The highest BCUT2D eigenvalue weighted by Crippen LogP contribution is 2.10. The van der Waals surface area contributed by atoms with Gasteiger partial charge in [0.1, 0.15) is 0 Å². The fraction of sp³-hybridized carbons (Fsp3) is 0.381. The summed E-state index contributed by atoms with van der Waals surface area (Å²) in [5.41, 5.74) is 3.20. The van der Waals surface area contributed by atoms with Crippen molar-refractivity contribution in [1.29, 1.82) is 0 Å². The van der Waals surface area contributed by atoms with E-state index in [-0.39, 0.29) is 11.8 Å². The van der Waals surface area contributed by atoms with Gasteiger partial charge in [-0.25, -0.2) is 0 Å². The number of pyridine rings is 1. The quantitative estimate of drug-likeness (QED) is 0.849. The van der Waals surface area contributed by atoms with E-state index >= 15 is 0 Å². The standard InChI is InChI=1S/C21H25N3O2/c1-17-3-5-18(6-4-17)15-20(25)23-11-2-12-24(14-13-23)21(26)16-19-7-9-22-10-8-19/h3-10H,2,11-16H2,1H3. The first-order valence-corrected chi connectivity index (χ1v) is 9.12. The first kappa shape index (κ1) is 18.1. The van der Waals surface area contributed by atoms with E-state index in [1.807, 2.05) is 53.1 Å². The van der Waals surface area contributed by atoms with Crippen LogP contribution in [-0.2, 0) is 22.4 Å². The third kappa shape index (κ3) is 4.91. The predicted octanol–water partition coefficient (Wildman–Crippen LogP) is 2.24. The summed E-state index contributed by atoms with van der Waals surface area (Å²) in [5.74, 6) is 0.251. The van der Waals surface area contributed by atoms with Gasteiger partial charge in [0.05, 0.1) is 12.8 Å². The molecule has 1 saturated heterocycles. The van der Waals surface area contributed by atoms with Gasteiger partial charge in [0.25, 0.3) is 0 Å². The Bertz CT molecular complexity index is 744. The molecule has 1 aromatic heterocycles. The number of nitrogens with zero attached hydrogens (tertiary/aromatic N) is 3. The summed E-state index contributed by atoms with van der Waals surface area (Å²) in [6.07, 6.45) is 5.04. The summed E-state index contributed by atoms with van der Waals surface area (Å²) in [6.45, 7) is 4.66. The number of carbonyl (C=O) groups is 2. The average molecular weight is 351 g/mol. The van der Waals surface area contributed by atoms with Gasteiger partial charge in [-0.1, -0.05) is 29.8 Å². The lowest BCUT2D eigenvalue weighted by Gasteiger charge is -2.22. The molecule has 0 spiro atoms. The van der Waals surface area contributed by atoms with Crippen LogP contribution in [0.5, 0.6) is 0 Å². The zero-order chi connectivity index (χ0) is 18.4. The second-order valence-electron chi connectivity index (χ2n) is 6.81. The van der Waals surface area contributed by atoms with Crippen LogP contribution < -0.4 is 0 Å². The monoisotopic (exact) mass is 351 g/mol. The minimum Gasteiger partial charge on any atom is -0.341 e. The molecule has 136 valence electrons. The molecule has 3 rings (SSSR count). The van der Waals surface area contributed by atoms with Gasteiger partial charge < -0.3 is 9.80 Å². The van der Waals surface area contributed by atoms with E-state index in [1.165, 1.54) is 5.56 Å². The number of carbonyl (C=O) groups excluding carboxylic acids is 2. The lowest BCUT2D eigenvalue weighted by molar-refractivity contribution is -0.132. The van der Waals surface area contributed by atoms with E-state index in [0.717, 1.165) is 17.5 Å². The first-order chi connectivity index (χ1) is 12.6. The predicted molar refractivity (Wildman–Crippen MR) is 101 cm³/mol. The molecule has 2 amide bonds. The van der Waals surface area contributed by atoms with Crippen LogP contribution in [0, 0.1) is 6.92 Å². The molecular weight excluding hydrogens is 326 g/mol. The van der Waals surface area contributed by atoms with Crippen molar-refractivity contribution in [3.63, 3.8) is 0 Å². The zero-order valence-electron chi connectivity index (χ0n) is 15.2. The van der Waals surface area contributed by atoms with Gasteiger partial charge in [-0.3, -0.25) is 14.6 Å². The van der Waals surface area contributed by atoms with Crippen LogP contribution in [0.3, 0.4) is 0 Å². The molecule has 2 heterocycles. The van der Waals surface area contributed by atoms with Crippen molar-refractivity contribution < 1.29 is 9.59 Å². The molecule has 0 unspecified atom stereocenters. The minimum atomic E-state index is 0.115. The smallest absolute Gasteiger partial charge is 0.227 e. The van der Waals surface area contributed by atoms with Gasteiger partial charge in [-0.05, 0) is 36.6 Å². The van der Waals surface area contributed by atoms with Crippen LogP contribution >= 0.6 is 0 Å². The normalized spacial score (nSPS) is 14.8. The van der Waals surface area contributed by atoms with Crippen LogP contribution in [0.4, 0.5) is 0 Å². The van der Waals surface area contributed by atoms with Crippen LogP contribution in [0.15, 0.2) is 48.8 Å². The minimum absolute atomic E-state index is 0.115. The van der Waals surface area contributed by atoms with E-state index in [1.54, 1.807) is 12.4 Å². The molecule has 26 heavy (non-hydrogen) atoms. The maximum absolute atomic E-state index is 12.6. The first-order valence-electron chi connectivity index (χ1n) is 9.12. The van der Waals surface area contributed by atoms with E-state index in [0.29, 0.717) is 39.0 Å². The molecule has 1 aliphatic heterocycles. The Morgan fingerprint density at radius 1 is 0.808 bits per heavy atom. The van der Waals surface area contributed by atoms with Crippen molar-refractivity contribution >= 4 is 11.8 Å². The fourth-order valence-corrected chi connectivity index (χ4v) is 3.20. The van der Waals surface area contributed by atoms with Gasteiger partial charge in [-0.2, -0.15) is 0 Å². The molecule has 1 aromatic carbocycles. The lowest BCUT2D eigenvalue weighted by atomic mass is 10.1. The summed E-state index contributed by atoms with van der Waals surface area (Å²) in [6, 6.07) is 11.8. The van der Waals surface area contributed by atoms with Crippen molar-refractivity contribution in [2.75, 3.05) is 26.2 Å². The van der Waals surface area contributed by atoms with Gasteiger partial charge in [0.2, 0.25) is 11.8 Å². The number of rotatable bonds is 4. The molecular formula is C21H25N3O2. The Balaban J connectivity index is 1.53. The number of hydrogen-bond acceptors (Lipinski definition) is 3. The second kappa shape index (κ2) is 8.61. The fourth-order valence-electron chi connectivity index (χ4n) is 3.20. The molecule has 0 saturated carbocycles. The lowest BCUT2D eigenvalue weighted by Crippen LogP contribution is -2.38. The maximum Gasteiger partial charge on any atom is 0.227 e. The third-order valence-electron chi connectivity index (χ3n) is 4.78. The van der Waals surface area contributed by atoms with Crippen LogP contribution in [-0.4, -0.2) is 52.8 Å². The Kier molecular flexibility index (Phi) is 6.00. The summed E-state index contributed by atoms with van der Waals surface area (Å²) >= 11 is 0. The highest BCUT2D eigenvalue weighted by molar-refractivity contribution is 5.80. The molecule has 5 heteroatoms. The van der Waals surface area contributed by atoms with Gasteiger partial charge >= 0.3 is 0 Å². The van der Waals surface area contributed by atoms with E-state index in [2.05, 4.69) is 4.98 Å². The van der Waals surface area contributed by atoms with Crippen LogP contribution in [0.25, 0.3) is 0 Å². The Morgan fingerprint density at radius 2 is 1.31 bits per heavy atom. The van der Waals surface area contributed by atoms with Gasteiger partial charge in [-0.15, -0.1) is 0 Å². The molecule has 1 aliphatic rings. The third-order valence-corrected chi connectivity index (χ3v) is 4.78. The Labute approximate surface area is 154 Å². The molecule has 0 atom stereocenters. The van der Waals surface area contributed by atoms with Crippen molar-refractivity contribution in [3.05, 3.63) is 65.5 Å². The number of aryl methyl sites for hydroxylation is 1. The van der Waals surface area contributed by atoms with E-state index in [9.17, 15) is 9.59 Å². The van der Waals surface area contributed by atoms with Crippen LogP contribution in [0.1, 0.15) is 23.1 Å². The van der Waals surface area contributed by atoms with Gasteiger partial charge in [0.15, 0.2) is 0 Å². The molecule has 0 radical (unpaired) electrons. The number of aromatic nitrogens is 1. The van der Waals surface area contributed by atoms with Gasteiger partial charge in [0, 0.05) is 38.6 Å². The van der Waals surface area contributed by atoms with Crippen molar-refractivity contribution in [1.82, 2.24) is 14.8 Å². The van der Waals surface area contributed by atoms with Crippen molar-refractivity contribution in [3.8, 4) is 0 Å². The van der Waals surface area contributed by atoms with Crippen molar-refractivity contribution in [2.24, 2.45) is 0 Å². The largest absolute Gasteiger partial charge is 0.341 e. The molecule has 5 nitrogen and oxygen atoms in total. The summed E-state index contributed by atoms with van der Waals surface area (Å²) < 4.78 is 0. The van der Waals surface area contributed by atoms with E-state index in [4.69, 9.17) is 0 Å². The maximum atomic E-state index is 12.6. The summed E-state index contributed by atoms with van der Waals surface area (Å²) in [5, 5.41) is 0. The molecule has 2 aromatic rings. The number of amides is 2. The average Bonchev–Trinajstić information content (AvgIpc) is 2.91. The van der Waals surface area contributed by atoms with Crippen molar-refractivity contribution in [2.45, 2.75) is 26.2 Å². The molecule has 0 bridgehead atoms. The molecule has 1 fully saturated rings. The number of hydrogen-bond donors (Lipinski definition) is 0. The summed E-state index contributed by atoms with van der Waals surface area (Å²) in [7, 11) is 0.